The van der Waals surface area contributed by atoms with Gasteiger partial charge in [0, 0.05) is 13.1 Å². The molecular formula is C16H20N2O4. The van der Waals surface area contributed by atoms with E-state index in [2.05, 4.69) is 5.32 Å². The fraction of sp³-hybridized carbons (Fsp3) is 0.438. The Morgan fingerprint density at radius 3 is 2.64 bits per heavy atom. The molecule has 0 aliphatic carbocycles. The number of carbonyl (C=O) groups excluding carboxylic acids is 3. The van der Waals surface area contributed by atoms with E-state index >= 15 is 0 Å². The molecule has 0 saturated carbocycles. The Morgan fingerprint density at radius 2 is 2.05 bits per heavy atom. The van der Waals surface area contributed by atoms with Crippen LogP contribution in [0.2, 0.25) is 0 Å². The van der Waals surface area contributed by atoms with E-state index in [4.69, 9.17) is 4.74 Å². The largest absolute Gasteiger partial charge is 0.452 e. The zero-order valence-electron chi connectivity index (χ0n) is 13.0. The second kappa shape index (κ2) is 6.60. The van der Waals surface area contributed by atoms with Crippen LogP contribution in [0.15, 0.2) is 18.2 Å². The molecule has 0 radical (unpaired) electrons. The molecule has 1 atom stereocenters. The number of esters is 1. The van der Waals surface area contributed by atoms with E-state index < -0.39 is 24.0 Å². The van der Waals surface area contributed by atoms with E-state index in [-0.39, 0.29) is 6.42 Å². The third-order valence-electron chi connectivity index (χ3n) is 3.70. The maximum absolute atomic E-state index is 12.0. The first kappa shape index (κ1) is 16.0. The van der Waals surface area contributed by atoms with Crippen LogP contribution in [0.25, 0.3) is 0 Å². The minimum absolute atomic E-state index is 0.102. The average molecular weight is 304 g/mol. The van der Waals surface area contributed by atoms with Gasteiger partial charge in [0.2, 0.25) is 0 Å². The maximum atomic E-state index is 12.0. The summed E-state index contributed by atoms with van der Waals surface area (Å²) in [7, 11) is 0. The predicted molar refractivity (Wildman–Crippen MR) is 80.3 cm³/mol. The number of amides is 3. The minimum atomic E-state index is -0.970. The number of imide groups is 1. The number of ether oxygens (including phenoxy) is 1. The molecule has 2 rings (SSSR count). The van der Waals surface area contributed by atoms with Crippen LogP contribution in [-0.4, -0.2) is 42.0 Å². The topological polar surface area (TPSA) is 75.7 Å². The first-order valence-corrected chi connectivity index (χ1v) is 7.23. The van der Waals surface area contributed by atoms with Crippen molar-refractivity contribution in [1.29, 1.82) is 0 Å². The summed E-state index contributed by atoms with van der Waals surface area (Å²) in [5.41, 5.74) is 3.09. The SMILES string of the molecule is Cc1ccc(CC(=O)O[C@H](C)C(=O)N2CCNC2=O)cc1C. The van der Waals surface area contributed by atoms with E-state index in [9.17, 15) is 14.4 Å². The van der Waals surface area contributed by atoms with Gasteiger partial charge in [0.15, 0.2) is 6.10 Å². The van der Waals surface area contributed by atoms with Crippen LogP contribution in [0.4, 0.5) is 4.79 Å². The molecule has 0 spiro atoms. The average Bonchev–Trinajstić information content (AvgIpc) is 2.88. The Balaban J connectivity index is 1.92. The van der Waals surface area contributed by atoms with Crippen LogP contribution in [0.1, 0.15) is 23.6 Å². The molecule has 1 N–H and O–H groups in total. The van der Waals surface area contributed by atoms with Gasteiger partial charge in [0.25, 0.3) is 5.91 Å². The summed E-state index contributed by atoms with van der Waals surface area (Å²) in [5.74, 6) is -0.979. The fourth-order valence-corrected chi connectivity index (χ4v) is 2.27. The van der Waals surface area contributed by atoms with E-state index in [0.29, 0.717) is 13.1 Å². The third kappa shape index (κ3) is 3.63. The second-order valence-electron chi connectivity index (χ2n) is 5.45. The fourth-order valence-electron chi connectivity index (χ4n) is 2.27. The molecule has 6 heteroatoms. The molecule has 1 fully saturated rings. The molecule has 1 saturated heterocycles. The number of nitrogens with one attached hydrogen (secondary N) is 1. The maximum Gasteiger partial charge on any atom is 0.324 e. The van der Waals surface area contributed by atoms with Crippen LogP contribution >= 0.6 is 0 Å². The van der Waals surface area contributed by atoms with Gasteiger partial charge in [-0.15, -0.1) is 0 Å². The van der Waals surface area contributed by atoms with Crippen LogP contribution in [0.3, 0.4) is 0 Å². The number of nitrogens with zero attached hydrogens (tertiary/aromatic N) is 1. The Morgan fingerprint density at radius 1 is 1.32 bits per heavy atom. The van der Waals surface area contributed by atoms with Crippen molar-refractivity contribution in [2.24, 2.45) is 0 Å². The highest BCUT2D eigenvalue weighted by Crippen LogP contribution is 2.12. The molecule has 0 aromatic heterocycles. The van der Waals surface area contributed by atoms with Crippen molar-refractivity contribution in [3.05, 3.63) is 34.9 Å². The highest BCUT2D eigenvalue weighted by atomic mass is 16.5. The van der Waals surface area contributed by atoms with Crippen LogP contribution in [0.5, 0.6) is 0 Å². The standard InChI is InChI=1S/C16H20N2O4/c1-10-4-5-13(8-11(10)2)9-14(19)22-12(3)15(20)18-7-6-17-16(18)21/h4-5,8,12H,6-7,9H2,1-3H3,(H,17,21)/t12-/m1/s1. The molecular weight excluding hydrogens is 284 g/mol. The van der Waals surface area contributed by atoms with Crippen molar-refractivity contribution in [3.63, 3.8) is 0 Å². The van der Waals surface area contributed by atoms with Gasteiger partial charge in [-0.2, -0.15) is 0 Å². The molecule has 118 valence electrons. The van der Waals surface area contributed by atoms with Crippen molar-refractivity contribution >= 4 is 17.9 Å². The quantitative estimate of drug-likeness (QED) is 0.852. The lowest BCUT2D eigenvalue weighted by molar-refractivity contribution is -0.156. The summed E-state index contributed by atoms with van der Waals surface area (Å²) < 4.78 is 5.14. The molecule has 0 bridgehead atoms. The lowest BCUT2D eigenvalue weighted by Crippen LogP contribution is -2.42. The highest BCUT2D eigenvalue weighted by Gasteiger charge is 2.31. The molecule has 0 unspecified atom stereocenters. The lowest BCUT2D eigenvalue weighted by atomic mass is 10.0. The number of carbonyl (C=O) groups is 3. The van der Waals surface area contributed by atoms with Gasteiger partial charge in [-0.1, -0.05) is 18.2 Å². The predicted octanol–water partition coefficient (Wildman–Crippen LogP) is 1.33. The first-order valence-electron chi connectivity index (χ1n) is 7.23. The van der Waals surface area contributed by atoms with Gasteiger partial charge < -0.3 is 10.1 Å². The van der Waals surface area contributed by atoms with Gasteiger partial charge in [-0.3, -0.25) is 14.5 Å². The molecule has 1 aliphatic heterocycles. The van der Waals surface area contributed by atoms with Crippen molar-refractivity contribution in [3.8, 4) is 0 Å². The second-order valence-corrected chi connectivity index (χ2v) is 5.45. The van der Waals surface area contributed by atoms with Crippen molar-refractivity contribution in [2.45, 2.75) is 33.3 Å². The van der Waals surface area contributed by atoms with Crippen molar-refractivity contribution in [1.82, 2.24) is 10.2 Å². The number of aryl methyl sites for hydroxylation is 2. The normalized spacial score (nSPS) is 15.4. The van der Waals surface area contributed by atoms with E-state index in [1.54, 1.807) is 0 Å². The summed E-state index contributed by atoms with van der Waals surface area (Å²) in [6.45, 7) is 6.18. The highest BCUT2D eigenvalue weighted by molar-refractivity contribution is 5.98. The first-order chi connectivity index (χ1) is 10.4. The molecule has 3 amide bonds. The molecule has 6 nitrogen and oxygen atoms in total. The van der Waals surface area contributed by atoms with Crippen molar-refractivity contribution in [2.75, 3.05) is 13.1 Å². The summed E-state index contributed by atoms with van der Waals surface area (Å²) in [6, 6.07) is 5.30. The molecule has 1 aromatic rings. The smallest absolute Gasteiger partial charge is 0.324 e. The van der Waals surface area contributed by atoms with Gasteiger partial charge in [0.1, 0.15) is 0 Å². The van der Waals surface area contributed by atoms with E-state index in [1.165, 1.54) is 6.92 Å². The number of rotatable bonds is 4. The van der Waals surface area contributed by atoms with Crippen LogP contribution < -0.4 is 5.32 Å². The molecule has 1 heterocycles. The summed E-state index contributed by atoms with van der Waals surface area (Å²) in [5, 5.41) is 2.54. The Bertz CT molecular complexity index is 612. The van der Waals surface area contributed by atoms with Gasteiger partial charge in [-0.25, -0.2) is 4.79 Å². The number of urea groups is 1. The summed E-state index contributed by atoms with van der Waals surface area (Å²) >= 11 is 0. The minimum Gasteiger partial charge on any atom is -0.452 e. The molecule has 1 aromatic carbocycles. The number of hydrogen-bond donors (Lipinski definition) is 1. The summed E-state index contributed by atoms with van der Waals surface area (Å²) in [6.07, 6.45) is -0.867. The van der Waals surface area contributed by atoms with Gasteiger partial charge in [0.05, 0.1) is 6.42 Å². The Labute approximate surface area is 129 Å². The Kier molecular flexibility index (Phi) is 4.80. The van der Waals surface area contributed by atoms with Crippen LogP contribution in [0, 0.1) is 13.8 Å². The van der Waals surface area contributed by atoms with Gasteiger partial charge >= 0.3 is 12.0 Å². The number of hydrogen-bond acceptors (Lipinski definition) is 4. The molecule has 22 heavy (non-hydrogen) atoms. The zero-order chi connectivity index (χ0) is 16.3. The number of benzene rings is 1. The monoisotopic (exact) mass is 304 g/mol. The van der Waals surface area contributed by atoms with Crippen LogP contribution in [-0.2, 0) is 20.7 Å². The van der Waals surface area contributed by atoms with Crippen molar-refractivity contribution < 1.29 is 19.1 Å². The lowest BCUT2D eigenvalue weighted by Gasteiger charge is -2.18. The molecule has 1 aliphatic rings. The van der Waals surface area contributed by atoms with E-state index in [1.807, 2.05) is 32.0 Å². The third-order valence-corrected chi connectivity index (χ3v) is 3.70. The summed E-state index contributed by atoms with van der Waals surface area (Å²) in [4.78, 5) is 36.4. The van der Waals surface area contributed by atoms with Gasteiger partial charge in [-0.05, 0) is 37.5 Å². The zero-order valence-corrected chi connectivity index (χ0v) is 13.0. The van der Waals surface area contributed by atoms with E-state index in [0.717, 1.165) is 21.6 Å². The Hall–Kier alpha value is -2.37.